The van der Waals surface area contributed by atoms with Gasteiger partial charge in [-0.15, -0.1) is 0 Å². The lowest BCUT2D eigenvalue weighted by atomic mass is 9.93. The van der Waals surface area contributed by atoms with Crippen molar-refractivity contribution in [2.75, 3.05) is 13.1 Å². The largest absolute Gasteiger partial charge is 0.315 e. The molecular weight excluding hydrogens is 221 g/mol. The Morgan fingerprint density at radius 2 is 2.17 bits per heavy atom. The molecule has 1 aliphatic heterocycles. The van der Waals surface area contributed by atoms with Crippen molar-refractivity contribution in [2.45, 2.75) is 5.92 Å². The molecule has 0 aromatic heterocycles. The Kier molecular flexibility index (Phi) is 2.15. The van der Waals surface area contributed by atoms with Crippen LogP contribution in [-0.2, 0) is 0 Å². The second-order valence-corrected chi connectivity index (χ2v) is 3.94. The first kappa shape index (κ1) is 8.20. The highest BCUT2D eigenvalue weighted by Crippen LogP contribution is 2.24. The molecule has 0 unspecified atom stereocenters. The molecule has 0 aliphatic carbocycles. The molecule has 1 heterocycles. The van der Waals surface area contributed by atoms with E-state index >= 15 is 0 Å². The first-order chi connectivity index (χ1) is 5.77. The molecule has 12 heavy (non-hydrogen) atoms. The summed E-state index contributed by atoms with van der Waals surface area (Å²) in [5, 5.41) is 3.12. The molecule has 64 valence electrons. The molecule has 0 radical (unpaired) electrons. The van der Waals surface area contributed by atoms with E-state index in [4.69, 9.17) is 0 Å². The molecule has 0 saturated carbocycles. The summed E-state index contributed by atoms with van der Waals surface area (Å²) in [6.07, 6.45) is 0. The Hall–Kier alpha value is -0.410. The van der Waals surface area contributed by atoms with Crippen molar-refractivity contribution in [2.24, 2.45) is 0 Å². The van der Waals surface area contributed by atoms with E-state index in [0.717, 1.165) is 23.1 Å². The van der Waals surface area contributed by atoms with Crippen molar-refractivity contribution in [3.8, 4) is 0 Å². The molecular formula is C9H9BrFN. The van der Waals surface area contributed by atoms with Crippen LogP contribution in [0.15, 0.2) is 22.7 Å². The summed E-state index contributed by atoms with van der Waals surface area (Å²) in [4.78, 5) is 0. The van der Waals surface area contributed by atoms with Gasteiger partial charge >= 0.3 is 0 Å². The molecule has 1 N–H and O–H groups in total. The summed E-state index contributed by atoms with van der Waals surface area (Å²) < 4.78 is 14.1. The van der Waals surface area contributed by atoms with E-state index in [0.29, 0.717) is 5.92 Å². The third-order valence-corrected chi connectivity index (χ3v) is 2.68. The molecule has 1 fully saturated rings. The van der Waals surface area contributed by atoms with Gasteiger partial charge < -0.3 is 5.32 Å². The van der Waals surface area contributed by atoms with Gasteiger partial charge in [-0.3, -0.25) is 0 Å². The van der Waals surface area contributed by atoms with Gasteiger partial charge in [-0.05, 0) is 17.7 Å². The zero-order chi connectivity index (χ0) is 8.55. The smallest absolute Gasteiger partial charge is 0.127 e. The van der Waals surface area contributed by atoms with E-state index in [1.54, 1.807) is 0 Å². The van der Waals surface area contributed by atoms with E-state index in [1.807, 2.05) is 12.1 Å². The van der Waals surface area contributed by atoms with Crippen molar-refractivity contribution >= 4 is 15.9 Å². The molecule has 0 spiro atoms. The van der Waals surface area contributed by atoms with Gasteiger partial charge in [0.1, 0.15) is 5.82 Å². The van der Waals surface area contributed by atoms with Gasteiger partial charge in [-0.2, -0.15) is 0 Å². The molecule has 1 nitrogen and oxygen atoms in total. The minimum Gasteiger partial charge on any atom is -0.315 e. The van der Waals surface area contributed by atoms with E-state index in [9.17, 15) is 4.39 Å². The summed E-state index contributed by atoms with van der Waals surface area (Å²) in [5.74, 6) is 0.272. The van der Waals surface area contributed by atoms with Crippen LogP contribution in [0, 0.1) is 5.82 Å². The first-order valence-corrected chi connectivity index (χ1v) is 4.72. The Labute approximate surface area is 79.1 Å². The molecule has 1 aromatic rings. The number of nitrogens with one attached hydrogen (secondary N) is 1. The Balaban J connectivity index is 2.31. The lowest BCUT2D eigenvalue weighted by molar-refractivity contribution is 0.431. The molecule has 0 amide bonds. The predicted octanol–water partition coefficient (Wildman–Crippen LogP) is 2.28. The van der Waals surface area contributed by atoms with Crippen molar-refractivity contribution in [3.63, 3.8) is 0 Å². The maximum absolute atomic E-state index is 13.3. The fourth-order valence-corrected chi connectivity index (χ4v) is 1.67. The van der Waals surface area contributed by atoms with Crippen LogP contribution < -0.4 is 5.32 Å². The van der Waals surface area contributed by atoms with E-state index in [1.165, 1.54) is 6.07 Å². The highest BCUT2D eigenvalue weighted by Gasteiger charge is 2.21. The van der Waals surface area contributed by atoms with Gasteiger partial charge in [-0.25, -0.2) is 4.39 Å². The zero-order valence-electron chi connectivity index (χ0n) is 6.48. The maximum Gasteiger partial charge on any atom is 0.127 e. The zero-order valence-corrected chi connectivity index (χ0v) is 8.07. The number of hydrogen-bond donors (Lipinski definition) is 1. The fraction of sp³-hybridized carbons (Fsp3) is 0.333. The first-order valence-electron chi connectivity index (χ1n) is 3.93. The summed E-state index contributed by atoms with van der Waals surface area (Å²) in [6.45, 7) is 1.80. The van der Waals surface area contributed by atoms with Crippen LogP contribution in [0.2, 0.25) is 0 Å². The minimum atomic E-state index is -0.101. The van der Waals surface area contributed by atoms with Crippen molar-refractivity contribution < 1.29 is 4.39 Å². The second-order valence-electron chi connectivity index (χ2n) is 3.02. The highest BCUT2D eigenvalue weighted by atomic mass is 79.9. The van der Waals surface area contributed by atoms with Crippen LogP contribution in [0.3, 0.4) is 0 Å². The van der Waals surface area contributed by atoms with E-state index in [2.05, 4.69) is 21.2 Å². The monoisotopic (exact) mass is 229 g/mol. The number of hydrogen-bond acceptors (Lipinski definition) is 1. The summed E-state index contributed by atoms with van der Waals surface area (Å²) in [7, 11) is 0. The molecule has 3 heteroatoms. The molecule has 0 atom stereocenters. The molecule has 1 saturated heterocycles. The topological polar surface area (TPSA) is 12.0 Å². The number of halogens is 2. The summed E-state index contributed by atoms with van der Waals surface area (Å²) in [6, 6.07) is 5.26. The Bertz CT molecular complexity index is 297. The third kappa shape index (κ3) is 1.39. The normalized spacial score (nSPS) is 17.5. The van der Waals surface area contributed by atoms with E-state index < -0.39 is 0 Å². The molecule has 1 aromatic carbocycles. The number of rotatable bonds is 1. The maximum atomic E-state index is 13.3. The number of benzene rings is 1. The lowest BCUT2D eigenvalue weighted by Gasteiger charge is -2.27. The highest BCUT2D eigenvalue weighted by molar-refractivity contribution is 9.10. The average molecular weight is 230 g/mol. The molecule has 0 bridgehead atoms. The van der Waals surface area contributed by atoms with Gasteiger partial charge in [0.05, 0.1) is 0 Å². The standard InChI is InChI=1S/C9H9BrFN/c10-7-1-2-8(9(11)3-7)6-4-12-5-6/h1-3,6,12H,4-5H2. The quantitative estimate of drug-likeness (QED) is 0.780. The van der Waals surface area contributed by atoms with Gasteiger partial charge in [0.2, 0.25) is 0 Å². The average Bonchev–Trinajstić information content (AvgIpc) is 1.91. The van der Waals surface area contributed by atoms with Crippen LogP contribution in [0.25, 0.3) is 0 Å². The second kappa shape index (κ2) is 3.15. The van der Waals surface area contributed by atoms with Crippen LogP contribution in [0.1, 0.15) is 11.5 Å². The van der Waals surface area contributed by atoms with Gasteiger partial charge in [-0.1, -0.05) is 22.0 Å². The van der Waals surface area contributed by atoms with Gasteiger partial charge in [0.15, 0.2) is 0 Å². The van der Waals surface area contributed by atoms with Crippen LogP contribution in [0.5, 0.6) is 0 Å². The van der Waals surface area contributed by atoms with Crippen LogP contribution in [-0.4, -0.2) is 13.1 Å². The fourth-order valence-electron chi connectivity index (χ4n) is 1.34. The summed E-state index contributed by atoms with van der Waals surface area (Å²) >= 11 is 3.23. The van der Waals surface area contributed by atoms with E-state index in [-0.39, 0.29) is 5.82 Å². The van der Waals surface area contributed by atoms with Crippen LogP contribution >= 0.6 is 15.9 Å². The van der Waals surface area contributed by atoms with Crippen molar-refractivity contribution in [3.05, 3.63) is 34.1 Å². The predicted molar refractivity (Wildman–Crippen MR) is 49.7 cm³/mol. The van der Waals surface area contributed by atoms with Gasteiger partial charge in [0.25, 0.3) is 0 Å². The minimum absolute atomic E-state index is 0.101. The SMILES string of the molecule is Fc1cc(Br)ccc1C1CNC1. The van der Waals surface area contributed by atoms with Crippen molar-refractivity contribution in [1.82, 2.24) is 5.32 Å². The summed E-state index contributed by atoms with van der Waals surface area (Å²) in [5.41, 5.74) is 0.831. The third-order valence-electron chi connectivity index (χ3n) is 2.18. The van der Waals surface area contributed by atoms with Crippen molar-refractivity contribution in [1.29, 1.82) is 0 Å². The Morgan fingerprint density at radius 1 is 1.42 bits per heavy atom. The van der Waals surface area contributed by atoms with Gasteiger partial charge in [0, 0.05) is 23.5 Å². The Morgan fingerprint density at radius 3 is 2.67 bits per heavy atom. The molecule has 2 rings (SSSR count). The van der Waals surface area contributed by atoms with Crippen LogP contribution in [0.4, 0.5) is 4.39 Å². The lowest BCUT2D eigenvalue weighted by Crippen LogP contribution is -2.40. The molecule has 1 aliphatic rings.